The number of hydrogen-bond donors (Lipinski definition) is 1. The van der Waals surface area contributed by atoms with Crippen molar-refractivity contribution in [2.45, 2.75) is 64.3 Å². The summed E-state index contributed by atoms with van der Waals surface area (Å²) in [6, 6.07) is 0. The highest BCUT2D eigenvalue weighted by Crippen LogP contribution is 2.41. The van der Waals surface area contributed by atoms with Crippen molar-refractivity contribution in [1.82, 2.24) is 4.90 Å². The zero-order chi connectivity index (χ0) is 13.4. The van der Waals surface area contributed by atoms with E-state index in [2.05, 4.69) is 0 Å². The minimum atomic E-state index is -0.989. The van der Waals surface area contributed by atoms with Gasteiger partial charge in [-0.2, -0.15) is 0 Å². The molecule has 1 aliphatic carbocycles. The first-order valence-electron chi connectivity index (χ1n) is 6.96. The van der Waals surface area contributed by atoms with E-state index >= 15 is 0 Å². The molecule has 1 unspecified atom stereocenters. The number of carboxylic acid groups (broad SMARTS) is 1. The molecule has 0 radical (unpaired) electrons. The topological polar surface area (TPSA) is 57.6 Å². The van der Waals surface area contributed by atoms with Crippen molar-refractivity contribution in [3.63, 3.8) is 0 Å². The summed E-state index contributed by atoms with van der Waals surface area (Å²) < 4.78 is 0. The van der Waals surface area contributed by atoms with Gasteiger partial charge in [-0.15, -0.1) is 0 Å². The van der Waals surface area contributed by atoms with Gasteiger partial charge in [0.25, 0.3) is 0 Å². The summed E-state index contributed by atoms with van der Waals surface area (Å²) in [6.07, 6.45) is 6.53. The first-order chi connectivity index (χ1) is 8.40. The average molecular weight is 253 g/mol. The van der Waals surface area contributed by atoms with Crippen LogP contribution in [0.2, 0.25) is 0 Å². The minimum Gasteiger partial charge on any atom is -0.480 e. The zero-order valence-electron chi connectivity index (χ0n) is 11.4. The van der Waals surface area contributed by atoms with Gasteiger partial charge in [-0.1, -0.05) is 26.2 Å². The minimum absolute atomic E-state index is 0.0598. The van der Waals surface area contributed by atoms with Crippen LogP contribution in [0.4, 0.5) is 0 Å². The highest BCUT2D eigenvalue weighted by Gasteiger charge is 2.50. The van der Waals surface area contributed by atoms with Crippen LogP contribution in [0.5, 0.6) is 0 Å². The molecule has 1 atom stereocenters. The fraction of sp³-hybridized carbons (Fsp3) is 0.857. The molecule has 0 bridgehead atoms. The molecule has 4 heteroatoms. The fourth-order valence-electron chi connectivity index (χ4n) is 3.38. The summed E-state index contributed by atoms with van der Waals surface area (Å²) >= 11 is 0. The van der Waals surface area contributed by atoms with Gasteiger partial charge in [-0.3, -0.25) is 4.79 Å². The normalized spacial score (nSPS) is 31.3. The van der Waals surface area contributed by atoms with E-state index in [0.717, 1.165) is 32.1 Å². The lowest BCUT2D eigenvalue weighted by Gasteiger charge is -2.40. The molecule has 1 N–H and O–H groups in total. The lowest BCUT2D eigenvalue weighted by Crippen LogP contribution is -2.55. The van der Waals surface area contributed by atoms with Gasteiger partial charge in [0, 0.05) is 12.0 Å². The smallest absolute Gasteiger partial charge is 0.329 e. The molecule has 2 rings (SSSR count). The van der Waals surface area contributed by atoms with Gasteiger partial charge in [0.15, 0.2) is 0 Å². The molecule has 18 heavy (non-hydrogen) atoms. The van der Waals surface area contributed by atoms with E-state index < -0.39 is 11.5 Å². The van der Waals surface area contributed by atoms with Gasteiger partial charge in [0.2, 0.25) is 5.91 Å². The quantitative estimate of drug-likeness (QED) is 0.822. The number of hydrogen-bond acceptors (Lipinski definition) is 2. The van der Waals surface area contributed by atoms with Gasteiger partial charge in [0.05, 0.1) is 0 Å². The largest absolute Gasteiger partial charge is 0.480 e. The summed E-state index contributed by atoms with van der Waals surface area (Å²) in [7, 11) is 0. The number of amides is 1. The van der Waals surface area contributed by atoms with E-state index in [-0.39, 0.29) is 11.3 Å². The van der Waals surface area contributed by atoms with Crippen LogP contribution in [0.3, 0.4) is 0 Å². The summed E-state index contributed by atoms with van der Waals surface area (Å²) in [5, 5.41) is 9.38. The standard InChI is InChI=1S/C14H23NO3/c1-13(7-4-3-5-8-13)11(16)15-10-6-9-14(15,2)12(17)18/h3-10H2,1-2H3,(H,17,18). The summed E-state index contributed by atoms with van der Waals surface area (Å²) in [6.45, 7) is 4.29. The monoisotopic (exact) mass is 253 g/mol. The predicted molar refractivity (Wildman–Crippen MR) is 68.2 cm³/mol. The van der Waals surface area contributed by atoms with Gasteiger partial charge in [0.1, 0.15) is 5.54 Å². The van der Waals surface area contributed by atoms with Crippen molar-refractivity contribution in [3.05, 3.63) is 0 Å². The molecular formula is C14H23NO3. The molecule has 0 spiro atoms. The predicted octanol–water partition coefficient (Wildman–Crippen LogP) is 2.42. The van der Waals surface area contributed by atoms with Crippen molar-refractivity contribution in [1.29, 1.82) is 0 Å². The molecule has 1 saturated heterocycles. The second-order valence-corrected chi connectivity index (χ2v) is 6.26. The summed E-state index contributed by atoms with van der Waals surface area (Å²) in [5.41, 5.74) is -1.32. The molecule has 2 aliphatic rings. The molecule has 1 saturated carbocycles. The van der Waals surface area contributed by atoms with Crippen LogP contribution >= 0.6 is 0 Å². The van der Waals surface area contributed by atoms with Crippen molar-refractivity contribution >= 4 is 11.9 Å². The third kappa shape index (κ3) is 2.02. The Kier molecular flexibility index (Phi) is 3.39. The number of rotatable bonds is 2. The second-order valence-electron chi connectivity index (χ2n) is 6.26. The zero-order valence-corrected chi connectivity index (χ0v) is 11.4. The maximum Gasteiger partial charge on any atom is 0.329 e. The van der Waals surface area contributed by atoms with E-state index in [1.165, 1.54) is 6.42 Å². The van der Waals surface area contributed by atoms with Crippen LogP contribution < -0.4 is 0 Å². The highest BCUT2D eigenvalue weighted by molar-refractivity contribution is 5.90. The van der Waals surface area contributed by atoms with E-state index in [0.29, 0.717) is 13.0 Å². The van der Waals surface area contributed by atoms with Crippen molar-refractivity contribution in [2.75, 3.05) is 6.54 Å². The van der Waals surface area contributed by atoms with E-state index in [4.69, 9.17) is 0 Å². The first-order valence-corrected chi connectivity index (χ1v) is 6.96. The number of likely N-dealkylation sites (tertiary alicyclic amines) is 1. The Morgan fingerprint density at radius 1 is 1.00 bits per heavy atom. The Labute approximate surface area is 108 Å². The lowest BCUT2D eigenvalue weighted by molar-refractivity contribution is -0.160. The van der Waals surface area contributed by atoms with Crippen LogP contribution in [-0.2, 0) is 9.59 Å². The molecule has 102 valence electrons. The summed E-state index contributed by atoms with van der Waals surface area (Å²) in [4.78, 5) is 25.8. The van der Waals surface area contributed by atoms with Crippen molar-refractivity contribution in [2.24, 2.45) is 5.41 Å². The number of carbonyl (C=O) groups is 2. The van der Waals surface area contributed by atoms with Crippen LogP contribution in [0.25, 0.3) is 0 Å². The Hall–Kier alpha value is -1.06. The van der Waals surface area contributed by atoms with E-state index in [1.54, 1.807) is 11.8 Å². The Bertz CT molecular complexity index is 360. The average Bonchev–Trinajstić information content (AvgIpc) is 2.72. The molecule has 4 nitrogen and oxygen atoms in total. The molecule has 0 aromatic rings. The Morgan fingerprint density at radius 3 is 2.17 bits per heavy atom. The van der Waals surface area contributed by atoms with Crippen LogP contribution in [0.15, 0.2) is 0 Å². The third-order valence-corrected chi connectivity index (χ3v) is 4.82. The lowest BCUT2D eigenvalue weighted by atomic mass is 9.74. The molecule has 1 amide bonds. The number of aliphatic carboxylic acids is 1. The summed E-state index contributed by atoms with van der Waals surface area (Å²) in [5.74, 6) is -0.808. The second kappa shape index (κ2) is 4.56. The number of carboxylic acids is 1. The molecule has 1 heterocycles. The van der Waals surface area contributed by atoms with Gasteiger partial charge >= 0.3 is 5.97 Å². The van der Waals surface area contributed by atoms with Gasteiger partial charge < -0.3 is 10.0 Å². The Balaban J connectivity index is 2.20. The van der Waals surface area contributed by atoms with Crippen molar-refractivity contribution in [3.8, 4) is 0 Å². The fourth-order valence-corrected chi connectivity index (χ4v) is 3.38. The van der Waals surface area contributed by atoms with E-state index in [1.807, 2.05) is 6.92 Å². The Morgan fingerprint density at radius 2 is 1.61 bits per heavy atom. The molecular weight excluding hydrogens is 230 g/mol. The maximum atomic E-state index is 12.7. The van der Waals surface area contributed by atoms with Gasteiger partial charge in [-0.25, -0.2) is 4.79 Å². The maximum absolute atomic E-state index is 12.7. The third-order valence-electron chi connectivity index (χ3n) is 4.82. The number of carbonyl (C=O) groups excluding carboxylic acids is 1. The molecule has 2 fully saturated rings. The van der Waals surface area contributed by atoms with E-state index in [9.17, 15) is 14.7 Å². The van der Waals surface area contributed by atoms with Crippen LogP contribution in [0.1, 0.15) is 58.8 Å². The molecule has 0 aromatic carbocycles. The number of nitrogens with zero attached hydrogens (tertiary/aromatic N) is 1. The molecule has 1 aliphatic heterocycles. The highest BCUT2D eigenvalue weighted by atomic mass is 16.4. The van der Waals surface area contributed by atoms with Gasteiger partial charge in [-0.05, 0) is 32.6 Å². The van der Waals surface area contributed by atoms with Crippen LogP contribution in [-0.4, -0.2) is 34.0 Å². The van der Waals surface area contributed by atoms with Crippen LogP contribution in [0, 0.1) is 5.41 Å². The first kappa shape index (κ1) is 13.4. The van der Waals surface area contributed by atoms with Crippen molar-refractivity contribution < 1.29 is 14.7 Å². The SMILES string of the molecule is CC1(C(=O)N2CCCC2(C)C(=O)O)CCCCC1. The molecule has 0 aromatic heterocycles.